The Hall–Kier alpha value is -1.77. The van der Waals surface area contributed by atoms with Crippen molar-refractivity contribution in [1.82, 2.24) is 0 Å². The summed E-state index contributed by atoms with van der Waals surface area (Å²) in [5, 5.41) is 0. The monoisotopic (exact) mass is 538 g/mol. The van der Waals surface area contributed by atoms with Gasteiger partial charge in [0.25, 0.3) is 0 Å². The zero-order valence-electron chi connectivity index (χ0n) is 22.5. The van der Waals surface area contributed by atoms with Gasteiger partial charge in [-0.1, -0.05) is 24.3 Å². The summed E-state index contributed by atoms with van der Waals surface area (Å²) in [7, 11) is 4.84. The first kappa shape index (κ1) is 30.5. The molecule has 8 nitrogen and oxygen atoms in total. The minimum absolute atomic E-state index is 0.637. The fourth-order valence-electron chi connectivity index (χ4n) is 3.87. The quantitative estimate of drug-likeness (QED) is 0.173. The standard InChI is InChI=1S/C26H42O8Si2/c1-27-35(28-2,29-3)21-9-7-19-33-25-15-11-23(12-16-25)24-13-17-26(18-14-24)34-20-8-10-22-36(30-4,31-5)32-6/h11-18H,7-10,19-22H2,1-6H3. The molecule has 0 fully saturated rings. The summed E-state index contributed by atoms with van der Waals surface area (Å²) in [6.45, 7) is 1.27. The fourth-order valence-corrected chi connectivity index (χ4v) is 7.46. The van der Waals surface area contributed by atoms with E-state index in [1.807, 2.05) is 24.3 Å². The van der Waals surface area contributed by atoms with E-state index in [1.165, 1.54) is 0 Å². The van der Waals surface area contributed by atoms with Crippen LogP contribution in [-0.4, -0.2) is 73.5 Å². The van der Waals surface area contributed by atoms with Gasteiger partial charge in [-0.2, -0.15) is 0 Å². The lowest BCUT2D eigenvalue weighted by atomic mass is 10.1. The molecular weight excluding hydrogens is 496 g/mol. The first-order chi connectivity index (χ1) is 17.5. The maximum absolute atomic E-state index is 5.89. The Morgan fingerprint density at radius 3 is 1.03 bits per heavy atom. The highest BCUT2D eigenvalue weighted by Crippen LogP contribution is 2.25. The number of rotatable bonds is 19. The van der Waals surface area contributed by atoms with Crippen molar-refractivity contribution >= 4 is 17.6 Å². The number of hydrogen-bond acceptors (Lipinski definition) is 8. The highest BCUT2D eigenvalue weighted by Gasteiger charge is 2.37. The van der Waals surface area contributed by atoms with Gasteiger partial charge < -0.3 is 36.0 Å². The van der Waals surface area contributed by atoms with Gasteiger partial charge in [-0.3, -0.25) is 0 Å². The van der Waals surface area contributed by atoms with E-state index in [-0.39, 0.29) is 0 Å². The van der Waals surface area contributed by atoms with Crippen LogP contribution in [0.4, 0.5) is 0 Å². The third-order valence-electron chi connectivity index (χ3n) is 6.20. The van der Waals surface area contributed by atoms with Crippen molar-refractivity contribution in [3.05, 3.63) is 48.5 Å². The Kier molecular flexibility index (Phi) is 13.7. The second-order valence-electron chi connectivity index (χ2n) is 8.25. The zero-order chi connectivity index (χ0) is 26.3. The minimum Gasteiger partial charge on any atom is -0.494 e. The summed E-state index contributed by atoms with van der Waals surface area (Å²) < 4.78 is 44.5. The Bertz CT molecular complexity index is 752. The molecule has 0 spiro atoms. The predicted molar refractivity (Wildman–Crippen MR) is 145 cm³/mol. The molecule has 0 atom stereocenters. The molecule has 2 aromatic rings. The largest absolute Gasteiger partial charge is 0.500 e. The number of benzene rings is 2. The second kappa shape index (κ2) is 16.2. The molecule has 202 valence electrons. The van der Waals surface area contributed by atoms with Crippen molar-refractivity contribution in [2.24, 2.45) is 0 Å². The summed E-state index contributed by atoms with van der Waals surface area (Å²) in [4.78, 5) is 0. The van der Waals surface area contributed by atoms with Crippen molar-refractivity contribution in [1.29, 1.82) is 0 Å². The lowest BCUT2D eigenvalue weighted by Crippen LogP contribution is -2.42. The molecule has 0 unspecified atom stereocenters. The molecule has 10 heteroatoms. The Balaban J connectivity index is 1.72. The van der Waals surface area contributed by atoms with Gasteiger partial charge in [0, 0.05) is 54.7 Å². The molecule has 0 amide bonds. The summed E-state index contributed by atoms with van der Waals surface area (Å²) >= 11 is 0. The van der Waals surface area contributed by atoms with Crippen LogP contribution in [0, 0.1) is 0 Å². The van der Waals surface area contributed by atoms with E-state index < -0.39 is 17.6 Å². The normalized spacial score (nSPS) is 12.1. The molecule has 0 heterocycles. The van der Waals surface area contributed by atoms with E-state index in [1.54, 1.807) is 42.7 Å². The van der Waals surface area contributed by atoms with E-state index in [4.69, 9.17) is 36.0 Å². The van der Waals surface area contributed by atoms with Crippen LogP contribution >= 0.6 is 0 Å². The molecular formula is C26H42O8Si2. The molecule has 0 aromatic heterocycles. The van der Waals surface area contributed by atoms with Gasteiger partial charge >= 0.3 is 17.6 Å². The summed E-state index contributed by atoms with van der Waals surface area (Å²) in [6.07, 6.45) is 3.65. The van der Waals surface area contributed by atoms with Crippen molar-refractivity contribution in [2.45, 2.75) is 37.8 Å². The lowest BCUT2D eigenvalue weighted by Gasteiger charge is -2.24. The van der Waals surface area contributed by atoms with Crippen LogP contribution in [0.1, 0.15) is 25.7 Å². The van der Waals surface area contributed by atoms with Gasteiger partial charge in [0.2, 0.25) is 0 Å². The predicted octanol–water partition coefficient (Wildman–Crippen LogP) is 5.43. The molecule has 0 saturated heterocycles. The van der Waals surface area contributed by atoms with Gasteiger partial charge in [-0.15, -0.1) is 0 Å². The lowest BCUT2D eigenvalue weighted by molar-refractivity contribution is 0.121. The highest BCUT2D eigenvalue weighted by molar-refractivity contribution is 6.60. The number of ether oxygens (including phenoxy) is 2. The maximum Gasteiger partial charge on any atom is 0.500 e. The Labute approximate surface area is 218 Å². The summed E-state index contributed by atoms with van der Waals surface area (Å²) in [6, 6.07) is 17.8. The molecule has 0 N–H and O–H groups in total. The van der Waals surface area contributed by atoms with Gasteiger partial charge in [-0.25, -0.2) is 0 Å². The molecule has 2 aromatic carbocycles. The average Bonchev–Trinajstić information content (AvgIpc) is 2.94. The molecule has 2 rings (SSSR count). The number of hydrogen-bond donors (Lipinski definition) is 0. The average molecular weight is 539 g/mol. The Morgan fingerprint density at radius 2 is 0.750 bits per heavy atom. The van der Waals surface area contributed by atoms with Crippen LogP contribution in [0.5, 0.6) is 11.5 Å². The first-order valence-electron chi connectivity index (χ1n) is 12.3. The van der Waals surface area contributed by atoms with Crippen LogP contribution < -0.4 is 9.47 Å². The Morgan fingerprint density at radius 1 is 0.444 bits per heavy atom. The first-order valence-corrected chi connectivity index (χ1v) is 16.1. The zero-order valence-corrected chi connectivity index (χ0v) is 24.5. The van der Waals surface area contributed by atoms with Crippen LogP contribution in [0.15, 0.2) is 48.5 Å². The van der Waals surface area contributed by atoms with Gasteiger partial charge in [0.15, 0.2) is 0 Å². The van der Waals surface area contributed by atoms with E-state index in [9.17, 15) is 0 Å². The molecule has 0 aliphatic heterocycles. The third kappa shape index (κ3) is 9.27. The van der Waals surface area contributed by atoms with Crippen molar-refractivity contribution in [2.75, 3.05) is 55.9 Å². The molecule has 0 saturated carbocycles. The number of unbranched alkanes of at least 4 members (excludes halogenated alkanes) is 2. The maximum atomic E-state index is 5.89. The van der Waals surface area contributed by atoms with Crippen LogP contribution in [0.25, 0.3) is 11.1 Å². The third-order valence-corrected chi connectivity index (χ3v) is 11.9. The topological polar surface area (TPSA) is 73.8 Å². The van der Waals surface area contributed by atoms with E-state index >= 15 is 0 Å². The molecule has 0 aliphatic carbocycles. The van der Waals surface area contributed by atoms with Crippen molar-refractivity contribution in [3.8, 4) is 22.6 Å². The smallest absolute Gasteiger partial charge is 0.494 e. The van der Waals surface area contributed by atoms with Crippen molar-refractivity contribution in [3.63, 3.8) is 0 Å². The van der Waals surface area contributed by atoms with Crippen LogP contribution in [0.3, 0.4) is 0 Å². The molecule has 0 aliphatic rings. The van der Waals surface area contributed by atoms with E-state index in [2.05, 4.69) is 24.3 Å². The van der Waals surface area contributed by atoms with Gasteiger partial charge in [-0.05, 0) is 61.1 Å². The van der Waals surface area contributed by atoms with Gasteiger partial charge in [0.1, 0.15) is 11.5 Å². The second-order valence-corrected chi connectivity index (χ2v) is 14.4. The van der Waals surface area contributed by atoms with Crippen molar-refractivity contribution < 1.29 is 36.0 Å². The van der Waals surface area contributed by atoms with E-state index in [0.717, 1.165) is 60.4 Å². The van der Waals surface area contributed by atoms with Crippen LogP contribution in [-0.2, 0) is 26.6 Å². The molecule has 0 radical (unpaired) electrons. The van der Waals surface area contributed by atoms with E-state index in [0.29, 0.717) is 13.2 Å². The van der Waals surface area contributed by atoms with Crippen LogP contribution in [0.2, 0.25) is 12.1 Å². The van der Waals surface area contributed by atoms with Gasteiger partial charge in [0.05, 0.1) is 13.2 Å². The highest BCUT2D eigenvalue weighted by atomic mass is 28.4. The SMILES string of the molecule is CO[Si](CCCCOc1ccc(-c2ccc(OCCCC[Si](OC)(OC)OC)cc2)cc1)(OC)OC. The fraction of sp³-hybridized carbons (Fsp3) is 0.538. The molecule has 36 heavy (non-hydrogen) atoms. The summed E-state index contributed by atoms with van der Waals surface area (Å²) in [5.41, 5.74) is 2.26. The minimum atomic E-state index is -2.50. The summed E-state index contributed by atoms with van der Waals surface area (Å²) in [5.74, 6) is 1.71. The molecule has 0 bridgehead atoms.